The highest BCUT2D eigenvalue weighted by Gasteiger charge is 2.24. The van der Waals surface area contributed by atoms with Gasteiger partial charge in [0.05, 0.1) is 29.1 Å². The molecule has 0 unspecified atom stereocenters. The number of hydrogen-bond donors (Lipinski definition) is 2. The quantitative estimate of drug-likeness (QED) is 0.187. The molecule has 1 heterocycles. The maximum atomic E-state index is 11.8. The number of nitrogens with one attached hydrogen (secondary N) is 2. The van der Waals surface area contributed by atoms with E-state index in [2.05, 4.69) is 30.8 Å². The number of ether oxygens (including phenoxy) is 1. The fourth-order valence-electron chi connectivity index (χ4n) is 2.97. The molecule has 4 rings (SSSR count). The standard InChI is InChI=1S/C23H19N7O3/c1-33-20-10-6-5-9-19(20)27-23-21(30(31)32)22(24-15-25-23)26-16-11-13-18(14-12-16)29-28-17-7-3-2-4-8-17/h2-15H,1H3,(H2,24,25,26,27). The molecule has 1 aromatic heterocycles. The summed E-state index contributed by atoms with van der Waals surface area (Å²) in [7, 11) is 1.52. The zero-order valence-corrected chi connectivity index (χ0v) is 17.5. The molecule has 10 nitrogen and oxygen atoms in total. The maximum absolute atomic E-state index is 11.8. The minimum Gasteiger partial charge on any atom is -0.495 e. The lowest BCUT2D eigenvalue weighted by molar-refractivity contribution is -0.383. The third-order valence-corrected chi connectivity index (χ3v) is 4.53. The van der Waals surface area contributed by atoms with Crippen molar-refractivity contribution >= 4 is 40.1 Å². The lowest BCUT2D eigenvalue weighted by atomic mass is 10.2. The monoisotopic (exact) mass is 441 g/mol. The molecule has 0 fully saturated rings. The first-order chi connectivity index (χ1) is 16.1. The second-order valence-corrected chi connectivity index (χ2v) is 6.71. The Balaban J connectivity index is 1.56. The number of aromatic nitrogens is 2. The van der Waals surface area contributed by atoms with Crippen LogP contribution in [-0.4, -0.2) is 22.0 Å². The minimum atomic E-state index is -0.539. The van der Waals surface area contributed by atoms with Crippen LogP contribution in [0.25, 0.3) is 0 Å². The average molecular weight is 441 g/mol. The Morgan fingerprint density at radius 1 is 0.818 bits per heavy atom. The summed E-state index contributed by atoms with van der Waals surface area (Å²) in [6.07, 6.45) is 1.25. The predicted octanol–water partition coefficient (Wildman–Crippen LogP) is 6.30. The van der Waals surface area contributed by atoms with E-state index in [9.17, 15) is 10.1 Å². The van der Waals surface area contributed by atoms with Crippen molar-refractivity contribution in [3.8, 4) is 5.75 Å². The van der Waals surface area contributed by atoms with Crippen molar-refractivity contribution in [2.24, 2.45) is 10.2 Å². The van der Waals surface area contributed by atoms with Gasteiger partial charge in [0.1, 0.15) is 12.1 Å². The van der Waals surface area contributed by atoms with E-state index in [-0.39, 0.29) is 17.3 Å². The summed E-state index contributed by atoms with van der Waals surface area (Å²) in [6, 6.07) is 23.4. The molecule has 10 heteroatoms. The fourth-order valence-corrected chi connectivity index (χ4v) is 2.97. The van der Waals surface area contributed by atoms with Crippen LogP contribution in [0, 0.1) is 10.1 Å². The average Bonchev–Trinajstić information content (AvgIpc) is 2.84. The van der Waals surface area contributed by atoms with Gasteiger partial charge in [-0.3, -0.25) is 10.1 Å². The molecule has 0 radical (unpaired) electrons. The van der Waals surface area contributed by atoms with Gasteiger partial charge < -0.3 is 15.4 Å². The Morgan fingerprint density at radius 3 is 2.09 bits per heavy atom. The number of azo groups is 1. The van der Waals surface area contributed by atoms with Crippen molar-refractivity contribution in [1.29, 1.82) is 0 Å². The van der Waals surface area contributed by atoms with E-state index in [0.717, 1.165) is 5.69 Å². The van der Waals surface area contributed by atoms with Gasteiger partial charge in [0.15, 0.2) is 0 Å². The zero-order valence-electron chi connectivity index (χ0n) is 17.5. The van der Waals surface area contributed by atoms with Gasteiger partial charge in [0.2, 0.25) is 11.6 Å². The van der Waals surface area contributed by atoms with Crippen LogP contribution in [0.15, 0.2) is 95.4 Å². The topological polar surface area (TPSA) is 127 Å². The predicted molar refractivity (Wildman–Crippen MR) is 125 cm³/mol. The van der Waals surface area contributed by atoms with Gasteiger partial charge in [-0.15, -0.1) is 0 Å². The van der Waals surface area contributed by atoms with Crippen LogP contribution in [0.1, 0.15) is 0 Å². The zero-order chi connectivity index (χ0) is 23.0. The third-order valence-electron chi connectivity index (χ3n) is 4.53. The van der Waals surface area contributed by atoms with E-state index in [1.54, 1.807) is 48.5 Å². The van der Waals surface area contributed by atoms with E-state index < -0.39 is 4.92 Å². The molecular weight excluding hydrogens is 422 g/mol. The lowest BCUT2D eigenvalue weighted by Crippen LogP contribution is -2.06. The van der Waals surface area contributed by atoms with E-state index in [0.29, 0.717) is 22.8 Å². The normalized spacial score (nSPS) is 10.7. The molecule has 0 bridgehead atoms. The molecule has 0 atom stereocenters. The summed E-state index contributed by atoms with van der Waals surface area (Å²) < 4.78 is 5.30. The first-order valence-electron chi connectivity index (χ1n) is 9.87. The van der Waals surface area contributed by atoms with Crippen LogP contribution in [0.4, 0.5) is 40.1 Å². The summed E-state index contributed by atoms with van der Waals surface area (Å²) in [5, 5.41) is 26.1. The van der Waals surface area contributed by atoms with Gasteiger partial charge in [0, 0.05) is 5.69 Å². The SMILES string of the molecule is COc1ccccc1Nc1ncnc(Nc2ccc(N=Nc3ccccc3)cc2)c1[N+](=O)[O-]. The Bertz CT molecular complexity index is 1280. The van der Waals surface area contributed by atoms with E-state index in [4.69, 9.17) is 4.74 Å². The number of nitrogens with zero attached hydrogens (tertiary/aromatic N) is 5. The molecule has 0 saturated heterocycles. The van der Waals surface area contributed by atoms with Crippen molar-refractivity contribution in [3.63, 3.8) is 0 Å². The van der Waals surface area contributed by atoms with Gasteiger partial charge in [0.25, 0.3) is 0 Å². The summed E-state index contributed by atoms with van der Waals surface area (Å²) in [6.45, 7) is 0. The highest BCUT2D eigenvalue weighted by Crippen LogP contribution is 2.35. The van der Waals surface area contributed by atoms with Crippen LogP contribution in [0.2, 0.25) is 0 Å². The van der Waals surface area contributed by atoms with Crippen LogP contribution < -0.4 is 15.4 Å². The number of benzene rings is 3. The van der Waals surface area contributed by atoms with E-state index in [1.807, 2.05) is 30.3 Å². The Hall–Kier alpha value is -4.86. The molecule has 0 spiro atoms. The molecule has 33 heavy (non-hydrogen) atoms. The molecule has 164 valence electrons. The Labute approximate surface area is 189 Å². The van der Waals surface area contributed by atoms with Crippen molar-refractivity contribution in [2.45, 2.75) is 0 Å². The van der Waals surface area contributed by atoms with Gasteiger partial charge >= 0.3 is 5.69 Å². The number of para-hydroxylation sites is 2. The number of rotatable bonds is 8. The molecule has 2 N–H and O–H groups in total. The molecule has 0 saturated carbocycles. The summed E-state index contributed by atoms with van der Waals surface area (Å²) in [4.78, 5) is 19.4. The van der Waals surface area contributed by atoms with Crippen molar-refractivity contribution in [2.75, 3.05) is 17.7 Å². The Kier molecular flexibility index (Phi) is 6.45. The smallest absolute Gasteiger partial charge is 0.353 e. The van der Waals surface area contributed by atoms with Crippen molar-refractivity contribution in [3.05, 3.63) is 95.3 Å². The Morgan fingerprint density at radius 2 is 1.42 bits per heavy atom. The van der Waals surface area contributed by atoms with Gasteiger partial charge in [-0.2, -0.15) is 10.2 Å². The molecule has 4 aromatic rings. The summed E-state index contributed by atoms with van der Waals surface area (Å²) in [5.41, 5.74) is 2.22. The highest BCUT2D eigenvalue weighted by molar-refractivity contribution is 5.78. The molecule has 0 aliphatic heterocycles. The maximum Gasteiger partial charge on any atom is 0.353 e. The van der Waals surface area contributed by atoms with Crippen LogP contribution in [0.5, 0.6) is 5.75 Å². The molecule has 0 aliphatic carbocycles. The van der Waals surface area contributed by atoms with E-state index >= 15 is 0 Å². The van der Waals surface area contributed by atoms with Crippen LogP contribution >= 0.6 is 0 Å². The number of anilines is 4. The first kappa shape index (κ1) is 21.4. The third kappa shape index (κ3) is 5.25. The van der Waals surface area contributed by atoms with Gasteiger partial charge in [-0.25, -0.2) is 9.97 Å². The second kappa shape index (κ2) is 9.96. The fraction of sp³-hybridized carbons (Fsp3) is 0.0435. The molecule has 3 aromatic carbocycles. The summed E-state index contributed by atoms with van der Waals surface area (Å²) in [5.74, 6) is 0.613. The highest BCUT2D eigenvalue weighted by atomic mass is 16.6. The van der Waals surface area contributed by atoms with Crippen molar-refractivity contribution in [1.82, 2.24) is 9.97 Å². The molecule has 0 amide bonds. The second-order valence-electron chi connectivity index (χ2n) is 6.71. The first-order valence-corrected chi connectivity index (χ1v) is 9.87. The largest absolute Gasteiger partial charge is 0.495 e. The van der Waals surface area contributed by atoms with Crippen LogP contribution in [0.3, 0.4) is 0 Å². The van der Waals surface area contributed by atoms with Gasteiger partial charge in [-0.1, -0.05) is 30.3 Å². The van der Waals surface area contributed by atoms with Gasteiger partial charge in [-0.05, 0) is 48.5 Å². The lowest BCUT2D eigenvalue weighted by Gasteiger charge is -2.12. The molecule has 0 aliphatic rings. The van der Waals surface area contributed by atoms with E-state index in [1.165, 1.54) is 13.4 Å². The van der Waals surface area contributed by atoms with Crippen molar-refractivity contribution < 1.29 is 9.66 Å². The number of nitro groups is 1. The molecular formula is C23H19N7O3. The number of methoxy groups -OCH3 is 1. The summed E-state index contributed by atoms with van der Waals surface area (Å²) >= 11 is 0. The van der Waals surface area contributed by atoms with Crippen LogP contribution in [-0.2, 0) is 0 Å². The number of hydrogen-bond acceptors (Lipinski definition) is 9. The minimum absolute atomic E-state index is 0.0373.